The molecule has 0 aliphatic heterocycles. The number of fused-ring (bicyclic) bond motifs is 1. The van der Waals surface area contributed by atoms with E-state index >= 15 is 0 Å². The summed E-state index contributed by atoms with van der Waals surface area (Å²) < 4.78 is 46.3. The molecule has 0 fully saturated rings. The van der Waals surface area contributed by atoms with Crippen LogP contribution < -0.4 is 10.7 Å². The van der Waals surface area contributed by atoms with Gasteiger partial charge in [-0.05, 0) is 30.7 Å². The number of aliphatic hydroxyl groups is 2. The van der Waals surface area contributed by atoms with E-state index < -0.39 is 48.4 Å². The van der Waals surface area contributed by atoms with E-state index in [2.05, 4.69) is 15.3 Å². The van der Waals surface area contributed by atoms with Gasteiger partial charge in [0, 0.05) is 41.2 Å². The van der Waals surface area contributed by atoms with Gasteiger partial charge in [0.1, 0.15) is 16.4 Å². The minimum Gasteiger partial charge on any atom is -0.462 e. The minimum absolute atomic E-state index is 0.00316. The van der Waals surface area contributed by atoms with Gasteiger partial charge in [-0.1, -0.05) is 6.07 Å². The van der Waals surface area contributed by atoms with Crippen molar-refractivity contribution >= 4 is 39.9 Å². The first-order valence-corrected chi connectivity index (χ1v) is 12.7. The van der Waals surface area contributed by atoms with Crippen molar-refractivity contribution in [3.8, 4) is 21.7 Å². The molecular weight excluding hydrogens is 553 g/mol. The summed E-state index contributed by atoms with van der Waals surface area (Å²) >= 11 is 0.743. The van der Waals surface area contributed by atoms with Crippen LogP contribution in [0.15, 0.2) is 46.8 Å². The number of pyridine rings is 2. The quantitative estimate of drug-likeness (QED) is 0.268. The molecule has 10 nitrogen and oxygen atoms in total. The fourth-order valence-corrected chi connectivity index (χ4v) is 4.91. The predicted molar refractivity (Wildman–Crippen MR) is 141 cm³/mol. The maximum absolute atomic E-state index is 13.4. The van der Waals surface area contributed by atoms with E-state index in [-0.39, 0.29) is 39.5 Å². The molecule has 0 aliphatic rings. The molecule has 0 bridgehead atoms. The summed E-state index contributed by atoms with van der Waals surface area (Å²) in [6.45, 7) is 1.83. The average molecular weight is 577 g/mol. The molecule has 3 aromatic heterocycles. The molecule has 0 saturated heterocycles. The van der Waals surface area contributed by atoms with Crippen LogP contribution in [0.2, 0.25) is 0 Å². The summed E-state index contributed by atoms with van der Waals surface area (Å²) in [5, 5.41) is 22.9. The van der Waals surface area contributed by atoms with Gasteiger partial charge in [0.05, 0.1) is 31.4 Å². The number of ether oxygens (including phenoxy) is 1. The second-order valence-corrected chi connectivity index (χ2v) is 9.44. The maximum Gasteiger partial charge on any atom is 0.434 e. The van der Waals surface area contributed by atoms with Crippen LogP contribution in [0.4, 0.5) is 19.0 Å². The van der Waals surface area contributed by atoms with Gasteiger partial charge in [0.2, 0.25) is 11.3 Å². The zero-order chi connectivity index (χ0) is 29.2. The van der Waals surface area contributed by atoms with Crippen LogP contribution in [-0.4, -0.2) is 56.4 Å². The molecule has 0 atom stereocenters. The second kappa shape index (κ2) is 11.5. The van der Waals surface area contributed by atoms with Crippen molar-refractivity contribution in [2.45, 2.75) is 26.1 Å². The number of esters is 1. The van der Waals surface area contributed by atoms with E-state index in [1.807, 2.05) is 0 Å². The van der Waals surface area contributed by atoms with Gasteiger partial charge in [-0.3, -0.25) is 9.59 Å². The Morgan fingerprint density at radius 3 is 2.50 bits per heavy atom. The first-order chi connectivity index (χ1) is 19.0. The van der Waals surface area contributed by atoms with Crippen molar-refractivity contribution in [2.24, 2.45) is 0 Å². The number of halogens is 3. The fraction of sp³-hybridized carbons (Fsp3) is 0.269. The highest BCUT2D eigenvalue weighted by Gasteiger charge is 2.34. The van der Waals surface area contributed by atoms with E-state index in [1.54, 1.807) is 13.0 Å². The van der Waals surface area contributed by atoms with E-state index in [0.29, 0.717) is 11.1 Å². The Balaban J connectivity index is 1.98. The molecule has 3 heterocycles. The van der Waals surface area contributed by atoms with Gasteiger partial charge in [-0.25, -0.2) is 14.8 Å². The van der Waals surface area contributed by atoms with Crippen LogP contribution in [0, 0.1) is 0 Å². The normalized spacial score (nSPS) is 11.7. The van der Waals surface area contributed by atoms with Crippen LogP contribution in [0.3, 0.4) is 0 Å². The largest absolute Gasteiger partial charge is 0.462 e. The molecule has 0 radical (unpaired) electrons. The predicted octanol–water partition coefficient (Wildman–Crippen LogP) is 3.87. The van der Waals surface area contributed by atoms with E-state index in [1.165, 1.54) is 42.1 Å². The molecule has 3 N–H and O–H groups in total. The van der Waals surface area contributed by atoms with Crippen molar-refractivity contribution in [1.82, 2.24) is 14.5 Å². The highest BCUT2D eigenvalue weighted by Crippen LogP contribution is 2.39. The Hall–Kier alpha value is -4.14. The summed E-state index contributed by atoms with van der Waals surface area (Å²) in [5.74, 6) is -1.26. The Morgan fingerprint density at radius 2 is 1.90 bits per heavy atom. The lowest BCUT2D eigenvalue weighted by molar-refractivity contribution is -0.140. The third-order valence-corrected chi connectivity index (χ3v) is 6.76. The molecule has 210 valence electrons. The zero-order valence-electron chi connectivity index (χ0n) is 21.2. The van der Waals surface area contributed by atoms with E-state index in [4.69, 9.17) is 4.74 Å². The second-order valence-electron chi connectivity index (χ2n) is 8.58. The number of hydrogen-bond acceptors (Lipinski definition) is 9. The summed E-state index contributed by atoms with van der Waals surface area (Å²) in [7, 11) is 0. The van der Waals surface area contributed by atoms with Crippen molar-refractivity contribution in [3.63, 3.8) is 0 Å². The third kappa shape index (κ3) is 5.73. The standard InChI is InChI=1S/C26H23F3N4O6S/c1-3-39-25(38)19-9-33(15(10-34)11-35)20-5-4-14(6-17(20)23(19)37)18-8-30-22(31-13(2)36)7-16(18)24-32-21(12-40-24)26(27,28)29/h4-9,12,15,34-35H,3,10-11H2,1-2H3,(H,30,31,36). The van der Waals surface area contributed by atoms with Crippen LogP contribution in [0.5, 0.6) is 0 Å². The monoisotopic (exact) mass is 576 g/mol. The molecule has 4 rings (SSSR count). The summed E-state index contributed by atoms with van der Waals surface area (Å²) in [6.07, 6.45) is -2.13. The van der Waals surface area contributed by atoms with Crippen molar-refractivity contribution < 1.29 is 37.7 Å². The Morgan fingerprint density at radius 1 is 1.18 bits per heavy atom. The smallest absolute Gasteiger partial charge is 0.434 e. The molecule has 40 heavy (non-hydrogen) atoms. The van der Waals surface area contributed by atoms with Gasteiger partial charge >= 0.3 is 12.1 Å². The van der Waals surface area contributed by atoms with Crippen molar-refractivity contribution in [2.75, 3.05) is 25.1 Å². The van der Waals surface area contributed by atoms with Crippen LogP contribution >= 0.6 is 11.3 Å². The third-order valence-electron chi connectivity index (χ3n) is 5.89. The van der Waals surface area contributed by atoms with Gasteiger partial charge in [-0.2, -0.15) is 13.2 Å². The fourth-order valence-electron chi connectivity index (χ4n) is 4.05. The molecule has 14 heteroatoms. The Bertz CT molecular complexity index is 1650. The molecule has 0 saturated carbocycles. The van der Waals surface area contributed by atoms with E-state index in [9.17, 15) is 37.8 Å². The SMILES string of the molecule is CCOC(=O)c1cn(C(CO)CO)c2ccc(-c3cnc(NC(C)=O)cc3-c3nc(C(F)(F)F)cs3)cc2c1=O. The molecule has 0 aliphatic carbocycles. The van der Waals surface area contributed by atoms with Crippen LogP contribution in [0.25, 0.3) is 32.6 Å². The molecule has 0 spiro atoms. The molecule has 1 aromatic carbocycles. The summed E-state index contributed by atoms with van der Waals surface area (Å²) in [5.41, 5.74) is -0.950. The van der Waals surface area contributed by atoms with Gasteiger partial charge in [-0.15, -0.1) is 11.3 Å². The lowest BCUT2D eigenvalue weighted by Gasteiger charge is -2.20. The van der Waals surface area contributed by atoms with Crippen LogP contribution in [0.1, 0.15) is 35.9 Å². The van der Waals surface area contributed by atoms with Gasteiger partial charge in [0.15, 0.2) is 5.69 Å². The minimum atomic E-state index is -4.67. The lowest BCUT2D eigenvalue weighted by Crippen LogP contribution is -2.25. The number of hydrogen-bond donors (Lipinski definition) is 3. The van der Waals surface area contributed by atoms with Crippen LogP contribution in [-0.2, 0) is 15.7 Å². The maximum atomic E-state index is 13.4. The summed E-state index contributed by atoms with van der Waals surface area (Å²) in [6, 6.07) is 5.02. The summed E-state index contributed by atoms with van der Waals surface area (Å²) in [4.78, 5) is 45.4. The van der Waals surface area contributed by atoms with Crippen molar-refractivity contribution in [3.05, 3.63) is 63.5 Å². The molecule has 0 unspecified atom stereocenters. The highest BCUT2D eigenvalue weighted by molar-refractivity contribution is 7.13. The molecule has 1 amide bonds. The van der Waals surface area contributed by atoms with Gasteiger partial charge < -0.3 is 24.8 Å². The number of rotatable bonds is 8. The first-order valence-electron chi connectivity index (χ1n) is 11.9. The number of benzene rings is 1. The number of nitrogens with one attached hydrogen (secondary N) is 1. The molecule has 4 aromatic rings. The van der Waals surface area contributed by atoms with E-state index in [0.717, 1.165) is 16.7 Å². The topological polar surface area (TPSA) is 144 Å². The molecular formula is C26H23F3N4O6S. The number of aromatic nitrogens is 3. The number of thiazole rings is 1. The Kier molecular flexibility index (Phi) is 8.32. The lowest BCUT2D eigenvalue weighted by atomic mass is 9.99. The zero-order valence-corrected chi connectivity index (χ0v) is 22.0. The number of anilines is 1. The number of aliphatic hydroxyl groups excluding tert-OH is 2. The van der Waals surface area contributed by atoms with Crippen molar-refractivity contribution in [1.29, 1.82) is 0 Å². The number of amides is 1. The average Bonchev–Trinajstić information content (AvgIpc) is 3.41. The van der Waals surface area contributed by atoms with Gasteiger partial charge in [0.25, 0.3) is 0 Å². The Labute approximate surface area is 228 Å². The number of alkyl halides is 3. The number of carbonyl (C=O) groups excluding carboxylic acids is 2. The first kappa shape index (κ1) is 28.9. The number of nitrogens with zero attached hydrogens (tertiary/aromatic N) is 3. The number of carbonyl (C=O) groups is 2. The highest BCUT2D eigenvalue weighted by atomic mass is 32.1.